The lowest BCUT2D eigenvalue weighted by Gasteiger charge is -2.12. The number of benzene rings is 2. The van der Waals surface area contributed by atoms with Crippen LogP contribution < -0.4 is 14.2 Å². The van der Waals surface area contributed by atoms with Gasteiger partial charge in [-0.15, -0.1) is 10.2 Å². The number of rotatable bonds is 8. The quantitative estimate of drug-likeness (QED) is 0.466. The van der Waals surface area contributed by atoms with Gasteiger partial charge in [0, 0.05) is 0 Å². The molecule has 0 spiro atoms. The minimum atomic E-state index is 0.416. The van der Waals surface area contributed by atoms with E-state index in [1.165, 1.54) is 17.3 Å². The van der Waals surface area contributed by atoms with Crippen LogP contribution in [0.2, 0.25) is 0 Å². The van der Waals surface area contributed by atoms with Crippen LogP contribution in [0.5, 0.6) is 17.2 Å². The van der Waals surface area contributed by atoms with Crippen LogP contribution in [-0.2, 0) is 0 Å². The highest BCUT2D eigenvalue weighted by Gasteiger charge is 2.05. The lowest BCUT2D eigenvalue weighted by Crippen LogP contribution is -2.09. The fourth-order valence-electron chi connectivity index (χ4n) is 2.10. The van der Waals surface area contributed by atoms with Crippen LogP contribution in [0.4, 0.5) is 0 Å². The molecule has 0 aliphatic heterocycles. The fourth-order valence-corrected chi connectivity index (χ4v) is 2.10. The van der Waals surface area contributed by atoms with Gasteiger partial charge in [-0.05, 0) is 35.9 Å². The summed E-state index contributed by atoms with van der Waals surface area (Å²) in [6.07, 6.45) is 4.71. The predicted octanol–water partition coefficient (Wildman–Crippen LogP) is 2.63. The topological polar surface area (TPSA) is 70.8 Å². The molecule has 0 aliphatic rings. The number of hydrogen-bond acceptors (Lipinski definition) is 6. The van der Waals surface area contributed by atoms with Crippen molar-refractivity contribution in [1.29, 1.82) is 0 Å². The second-order valence-electron chi connectivity index (χ2n) is 5.01. The third kappa shape index (κ3) is 4.81. The number of ether oxygens (including phenoxy) is 3. The molecule has 0 unspecified atom stereocenters. The second-order valence-corrected chi connectivity index (χ2v) is 5.01. The Morgan fingerprint density at radius 1 is 0.960 bits per heavy atom. The van der Waals surface area contributed by atoms with Gasteiger partial charge in [0.1, 0.15) is 31.6 Å². The van der Waals surface area contributed by atoms with Gasteiger partial charge < -0.3 is 14.2 Å². The van der Waals surface area contributed by atoms with Gasteiger partial charge in [-0.2, -0.15) is 5.10 Å². The molecular weight excluding hydrogens is 320 g/mol. The van der Waals surface area contributed by atoms with E-state index in [0.29, 0.717) is 24.7 Å². The normalized spacial score (nSPS) is 10.8. The third-order valence-corrected chi connectivity index (χ3v) is 3.29. The van der Waals surface area contributed by atoms with Gasteiger partial charge in [-0.3, -0.25) is 0 Å². The van der Waals surface area contributed by atoms with Crippen LogP contribution in [0.1, 0.15) is 5.56 Å². The maximum atomic E-state index is 5.74. The molecule has 3 aromatic rings. The van der Waals surface area contributed by atoms with Gasteiger partial charge in [0.25, 0.3) is 0 Å². The molecule has 0 saturated carbocycles. The molecule has 0 fully saturated rings. The van der Waals surface area contributed by atoms with E-state index in [2.05, 4.69) is 15.3 Å². The van der Waals surface area contributed by atoms with E-state index >= 15 is 0 Å². The lowest BCUT2D eigenvalue weighted by molar-refractivity contribution is 0.211. The zero-order chi connectivity index (χ0) is 17.3. The zero-order valence-electron chi connectivity index (χ0n) is 13.8. The van der Waals surface area contributed by atoms with Gasteiger partial charge in [0.2, 0.25) is 0 Å². The van der Waals surface area contributed by atoms with Crippen LogP contribution >= 0.6 is 0 Å². The van der Waals surface area contributed by atoms with E-state index in [-0.39, 0.29) is 0 Å². The Kier molecular flexibility index (Phi) is 5.60. The first-order chi connectivity index (χ1) is 12.3. The summed E-state index contributed by atoms with van der Waals surface area (Å²) in [7, 11) is 1.60. The van der Waals surface area contributed by atoms with Crippen molar-refractivity contribution in [3.8, 4) is 17.2 Å². The Morgan fingerprint density at radius 3 is 2.48 bits per heavy atom. The molecule has 1 heterocycles. The van der Waals surface area contributed by atoms with Crippen molar-refractivity contribution < 1.29 is 14.2 Å². The van der Waals surface area contributed by atoms with E-state index in [4.69, 9.17) is 14.2 Å². The van der Waals surface area contributed by atoms with E-state index in [0.717, 1.165) is 11.3 Å². The molecule has 0 saturated heterocycles. The molecule has 7 nitrogen and oxygen atoms in total. The summed E-state index contributed by atoms with van der Waals surface area (Å²) in [5.74, 6) is 2.10. The van der Waals surface area contributed by atoms with Gasteiger partial charge in [-0.1, -0.05) is 18.2 Å². The van der Waals surface area contributed by atoms with Gasteiger partial charge in [0.15, 0.2) is 11.5 Å². The molecule has 0 bridgehead atoms. The molecule has 128 valence electrons. The Hall–Kier alpha value is -3.35. The van der Waals surface area contributed by atoms with Crippen molar-refractivity contribution in [3.05, 3.63) is 66.7 Å². The smallest absolute Gasteiger partial charge is 0.161 e. The van der Waals surface area contributed by atoms with Crippen LogP contribution in [0, 0.1) is 0 Å². The first-order valence-electron chi connectivity index (χ1n) is 7.73. The van der Waals surface area contributed by atoms with Crippen molar-refractivity contribution in [2.75, 3.05) is 20.3 Å². The van der Waals surface area contributed by atoms with Crippen molar-refractivity contribution in [2.45, 2.75) is 0 Å². The standard InChI is InChI=1S/C18H18N4O3/c1-23-18-11-15(12-21-22-13-19-20-14-22)7-8-17(18)25-10-9-24-16-5-3-2-4-6-16/h2-8,11-14H,9-10H2,1H3/b21-12+. The van der Waals surface area contributed by atoms with Crippen molar-refractivity contribution in [2.24, 2.45) is 5.10 Å². The van der Waals surface area contributed by atoms with Gasteiger partial charge in [0.05, 0.1) is 13.3 Å². The fraction of sp³-hybridized carbons (Fsp3) is 0.167. The first kappa shape index (κ1) is 16.5. The van der Waals surface area contributed by atoms with E-state index in [1.54, 1.807) is 13.3 Å². The molecule has 0 aliphatic carbocycles. The summed E-state index contributed by atoms with van der Waals surface area (Å²) in [6.45, 7) is 0.864. The Labute approximate surface area is 145 Å². The largest absolute Gasteiger partial charge is 0.493 e. The molecule has 1 aromatic heterocycles. The van der Waals surface area contributed by atoms with Gasteiger partial charge in [-0.25, -0.2) is 4.68 Å². The number of aromatic nitrogens is 3. The minimum Gasteiger partial charge on any atom is -0.493 e. The monoisotopic (exact) mass is 338 g/mol. The molecule has 2 aromatic carbocycles. The van der Waals surface area contributed by atoms with Gasteiger partial charge >= 0.3 is 0 Å². The lowest BCUT2D eigenvalue weighted by atomic mass is 10.2. The van der Waals surface area contributed by atoms with Crippen LogP contribution in [0.15, 0.2) is 66.3 Å². The maximum absolute atomic E-state index is 5.74. The molecular formula is C18H18N4O3. The molecule has 25 heavy (non-hydrogen) atoms. The number of nitrogens with zero attached hydrogens (tertiary/aromatic N) is 4. The minimum absolute atomic E-state index is 0.416. The summed E-state index contributed by atoms with van der Waals surface area (Å²) in [5, 5.41) is 11.6. The molecule has 0 radical (unpaired) electrons. The third-order valence-electron chi connectivity index (χ3n) is 3.29. The molecule has 0 amide bonds. The average Bonchev–Trinajstić information content (AvgIpc) is 3.18. The summed E-state index contributed by atoms with van der Waals surface area (Å²) in [5.41, 5.74) is 0.874. The molecule has 7 heteroatoms. The zero-order valence-corrected chi connectivity index (χ0v) is 13.8. The highest BCUT2D eigenvalue weighted by atomic mass is 16.5. The Bertz CT molecular complexity index is 804. The highest BCUT2D eigenvalue weighted by molar-refractivity contribution is 5.80. The van der Waals surface area contributed by atoms with Crippen molar-refractivity contribution >= 4 is 6.21 Å². The first-order valence-corrected chi connectivity index (χ1v) is 7.73. The molecule has 3 rings (SSSR count). The second kappa shape index (κ2) is 8.49. The highest BCUT2D eigenvalue weighted by Crippen LogP contribution is 2.27. The van der Waals surface area contributed by atoms with E-state index in [1.807, 2.05) is 48.5 Å². The van der Waals surface area contributed by atoms with Crippen molar-refractivity contribution in [3.63, 3.8) is 0 Å². The number of methoxy groups -OCH3 is 1. The maximum Gasteiger partial charge on any atom is 0.161 e. The van der Waals surface area contributed by atoms with Crippen LogP contribution in [-0.4, -0.2) is 41.4 Å². The predicted molar refractivity (Wildman–Crippen MR) is 93.4 cm³/mol. The summed E-state index contributed by atoms with van der Waals surface area (Å²) in [6, 6.07) is 15.2. The SMILES string of the molecule is COc1cc(/C=N/n2cnnc2)ccc1OCCOc1ccccc1. The van der Waals surface area contributed by atoms with Crippen LogP contribution in [0.25, 0.3) is 0 Å². The molecule has 0 atom stereocenters. The summed E-state index contributed by atoms with van der Waals surface area (Å²) >= 11 is 0. The van der Waals surface area contributed by atoms with E-state index in [9.17, 15) is 0 Å². The van der Waals surface area contributed by atoms with Crippen molar-refractivity contribution in [1.82, 2.24) is 14.9 Å². The van der Waals surface area contributed by atoms with Crippen LogP contribution in [0.3, 0.4) is 0 Å². The number of hydrogen-bond donors (Lipinski definition) is 0. The Balaban J connectivity index is 1.56. The van der Waals surface area contributed by atoms with E-state index < -0.39 is 0 Å². The average molecular weight is 338 g/mol. The Morgan fingerprint density at radius 2 is 1.72 bits per heavy atom. The summed E-state index contributed by atoms with van der Waals surface area (Å²) < 4.78 is 18.2. The molecule has 0 N–H and O–H groups in total. The summed E-state index contributed by atoms with van der Waals surface area (Å²) in [4.78, 5) is 0. The number of para-hydroxylation sites is 1.